The van der Waals surface area contributed by atoms with E-state index in [0.717, 1.165) is 0 Å². The summed E-state index contributed by atoms with van der Waals surface area (Å²) >= 11 is 0. The fourth-order valence-corrected chi connectivity index (χ4v) is 1.88. The Morgan fingerprint density at radius 1 is 0.472 bits per heavy atom. The Kier molecular flexibility index (Phi) is 7.84. The molecule has 6 nitrogen and oxygen atoms in total. The van der Waals surface area contributed by atoms with E-state index < -0.39 is 71.1 Å². The second-order valence-electron chi connectivity index (χ2n) is 6.31. The zero-order valence-corrected chi connectivity index (χ0v) is 16.1. The predicted octanol–water partition coefficient (Wildman–Crippen LogP) is 5.09. The number of carbonyl (C=O) groups excluding carboxylic acids is 3. The maximum atomic E-state index is 13.2. The molecule has 0 unspecified atom stereocenters. The highest BCUT2D eigenvalue weighted by molar-refractivity contribution is 6.09. The number of rotatable bonds is 6. The summed E-state index contributed by atoms with van der Waals surface area (Å²) < 4.78 is 190. The minimum absolute atomic E-state index is 0.114. The highest BCUT2D eigenvalue weighted by Gasteiger charge is 2.65. The first-order valence-corrected chi connectivity index (χ1v) is 8.19. The molecule has 0 aliphatic carbocycles. The van der Waals surface area contributed by atoms with Gasteiger partial charge in [-0.25, -0.2) is 0 Å². The lowest BCUT2D eigenvalue weighted by molar-refractivity contribution is -0.267. The van der Waals surface area contributed by atoms with Gasteiger partial charge in [-0.15, -0.1) is 0 Å². The fraction of sp³-hybridized carbons (Fsp3) is 0.400. The maximum absolute atomic E-state index is 13.2. The number of carbonyl (C=O) groups is 3. The second kappa shape index (κ2) is 9.22. The number of hydrogen-bond donors (Lipinski definition) is 3. The van der Waals surface area contributed by atoms with E-state index in [9.17, 15) is 80.2 Å². The first-order valence-electron chi connectivity index (χ1n) is 8.19. The van der Waals surface area contributed by atoms with Crippen molar-refractivity contribution in [2.24, 2.45) is 0 Å². The van der Waals surface area contributed by atoms with Gasteiger partial charge in [0.1, 0.15) is 0 Å². The molecule has 1 rings (SSSR count). The molecule has 0 heterocycles. The van der Waals surface area contributed by atoms with Crippen molar-refractivity contribution in [1.29, 1.82) is 0 Å². The number of hydrogen-bond acceptors (Lipinski definition) is 3. The van der Waals surface area contributed by atoms with Gasteiger partial charge in [0, 0.05) is 0 Å². The van der Waals surface area contributed by atoms with Gasteiger partial charge in [-0.2, -0.15) is 65.9 Å². The van der Waals surface area contributed by atoms with Crippen LogP contribution in [0, 0.1) is 0 Å². The van der Waals surface area contributed by atoms with Gasteiger partial charge in [0.05, 0.1) is 17.1 Å². The van der Waals surface area contributed by atoms with Crippen LogP contribution in [0.4, 0.5) is 82.9 Å². The summed E-state index contributed by atoms with van der Waals surface area (Å²) in [6, 6.07) is 0.534. The number of benzene rings is 1. The number of amides is 3. The third-order valence-corrected chi connectivity index (χ3v) is 3.72. The van der Waals surface area contributed by atoms with E-state index in [2.05, 4.69) is 0 Å². The Labute approximate surface area is 186 Å². The van der Waals surface area contributed by atoms with Crippen molar-refractivity contribution in [2.45, 2.75) is 36.3 Å². The lowest BCUT2D eigenvalue weighted by Crippen LogP contribution is -2.49. The van der Waals surface area contributed by atoms with Crippen LogP contribution in [0.15, 0.2) is 18.2 Å². The van der Waals surface area contributed by atoms with Crippen LogP contribution < -0.4 is 16.0 Å². The number of anilines is 3. The van der Waals surface area contributed by atoms with Crippen LogP contribution in [0.1, 0.15) is 0 Å². The molecule has 0 fully saturated rings. The van der Waals surface area contributed by atoms with Gasteiger partial charge in [-0.1, -0.05) is 6.07 Å². The number of nitrogens with one attached hydrogen (secondary N) is 3. The van der Waals surface area contributed by atoms with Gasteiger partial charge in [0.15, 0.2) is 0 Å². The largest absolute Gasteiger partial charge is 0.463 e. The average Bonchev–Trinajstić information content (AvgIpc) is 2.67. The summed E-state index contributed by atoms with van der Waals surface area (Å²) in [5.41, 5.74) is -5.52. The molecular formula is C15H6F15N3O3. The third kappa shape index (κ3) is 5.86. The molecule has 1 aromatic rings. The summed E-state index contributed by atoms with van der Waals surface area (Å²) in [6.45, 7) is 0. The minimum Gasteiger partial charge on any atom is -0.319 e. The summed E-state index contributed by atoms with van der Waals surface area (Å²) in [7, 11) is 0. The quantitative estimate of drug-likeness (QED) is 0.423. The topological polar surface area (TPSA) is 87.3 Å². The molecule has 0 radical (unpaired) electrons. The molecule has 0 bridgehead atoms. The van der Waals surface area contributed by atoms with Crippen LogP contribution >= 0.6 is 0 Å². The van der Waals surface area contributed by atoms with Crippen LogP contribution in [0.2, 0.25) is 0 Å². The normalized spacial score (nSPS) is 13.8. The van der Waals surface area contributed by atoms with Crippen molar-refractivity contribution in [3.8, 4) is 0 Å². The van der Waals surface area contributed by atoms with Gasteiger partial charge in [-0.3, -0.25) is 14.4 Å². The van der Waals surface area contributed by atoms with Gasteiger partial charge in [0.25, 0.3) is 0 Å². The Balaban J connectivity index is 3.63. The molecule has 1 aromatic carbocycles. The first kappa shape index (κ1) is 30.6. The molecule has 0 saturated carbocycles. The predicted molar refractivity (Wildman–Crippen MR) is 85.3 cm³/mol. The summed E-state index contributed by atoms with van der Waals surface area (Å²) in [6.07, 6.45) is -19.9. The van der Waals surface area contributed by atoms with Crippen LogP contribution in [0.3, 0.4) is 0 Å². The van der Waals surface area contributed by atoms with Crippen molar-refractivity contribution in [3.63, 3.8) is 0 Å². The third-order valence-electron chi connectivity index (χ3n) is 3.72. The van der Waals surface area contributed by atoms with Crippen molar-refractivity contribution >= 4 is 34.8 Å². The Morgan fingerprint density at radius 2 is 0.722 bits per heavy atom. The molecule has 21 heteroatoms. The Morgan fingerprint density at radius 3 is 0.972 bits per heavy atom. The van der Waals surface area contributed by atoms with Gasteiger partial charge in [-0.05, 0) is 12.1 Å². The van der Waals surface area contributed by atoms with E-state index in [-0.39, 0.29) is 12.1 Å². The number of halogens is 15. The summed E-state index contributed by atoms with van der Waals surface area (Å²) in [4.78, 5) is 34.0. The lowest BCUT2D eigenvalue weighted by Gasteiger charge is -2.24. The smallest absolute Gasteiger partial charge is 0.319 e. The van der Waals surface area contributed by atoms with Gasteiger partial charge < -0.3 is 16.0 Å². The number of alkyl halides is 15. The van der Waals surface area contributed by atoms with Crippen molar-refractivity contribution in [1.82, 2.24) is 0 Å². The molecule has 36 heavy (non-hydrogen) atoms. The highest BCUT2D eigenvalue weighted by Crippen LogP contribution is 2.42. The fourth-order valence-electron chi connectivity index (χ4n) is 1.88. The maximum Gasteiger partial charge on any atom is 0.463 e. The van der Waals surface area contributed by atoms with Crippen LogP contribution in [0.25, 0.3) is 0 Å². The van der Waals surface area contributed by atoms with E-state index in [0.29, 0.717) is 22.0 Å². The van der Waals surface area contributed by atoms with E-state index in [1.807, 2.05) is 0 Å². The highest BCUT2D eigenvalue weighted by atomic mass is 19.4. The molecule has 0 aromatic heterocycles. The van der Waals surface area contributed by atoms with Crippen LogP contribution in [-0.4, -0.2) is 54.0 Å². The second-order valence-corrected chi connectivity index (χ2v) is 6.31. The van der Waals surface area contributed by atoms with Crippen LogP contribution in [0.5, 0.6) is 0 Å². The molecular weight excluding hydrogens is 555 g/mol. The molecule has 0 atom stereocenters. The molecule has 3 amide bonds. The summed E-state index contributed by atoms with van der Waals surface area (Å²) in [5.74, 6) is -29.1. The SMILES string of the molecule is O=C(Nc1cccc(NC(=O)C(F)(F)C(F)(F)F)c1NC(=O)C(F)(F)C(F)(F)F)C(F)(F)C(F)(F)F. The van der Waals surface area contributed by atoms with E-state index in [1.165, 1.54) is 0 Å². The van der Waals surface area contributed by atoms with Gasteiger partial charge >= 0.3 is 54.0 Å². The van der Waals surface area contributed by atoms with Crippen molar-refractivity contribution in [2.75, 3.05) is 16.0 Å². The van der Waals surface area contributed by atoms with E-state index in [4.69, 9.17) is 0 Å². The molecule has 0 spiro atoms. The summed E-state index contributed by atoms with van der Waals surface area (Å²) in [5, 5.41) is 1.78. The van der Waals surface area contributed by atoms with Crippen molar-refractivity contribution in [3.05, 3.63) is 18.2 Å². The zero-order valence-electron chi connectivity index (χ0n) is 16.1. The van der Waals surface area contributed by atoms with Crippen molar-refractivity contribution < 1.29 is 80.2 Å². The molecule has 3 N–H and O–H groups in total. The monoisotopic (exact) mass is 561 g/mol. The van der Waals surface area contributed by atoms with Gasteiger partial charge in [0.2, 0.25) is 0 Å². The van der Waals surface area contributed by atoms with Crippen LogP contribution in [-0.2, 0) is 14.4 Å². The zero-order chi connectivity index (χ0) is 28.7. The molecule has 0 aliphatic rings. The molecule has 0 saturated heterocycles. The first-order chi connectivity index (χ1) is 15.8. The Hall–Kier alpha value is -3.42. The van der Waals surface area contributed by atoms with E-state index >= 15 is 0 Å². The minimum atomic E-state index is -6.69. The number of para-hydroxylation sites is 1. The standard InChI is InChI=1S/C15H6F15N3O3/c16-10(17,13(22,23)24)7(34)31-4-2-1-3-5(32-8(35)11(18,19)14(25,26)27)6(4)33-9(36)12(20,21)15(28,29)30/h1-3H,(H,31,34)(H,32,35)(H,33,36). The molecule has 0 aliphatic heterocycles. The van der Waals surface area contributed by atoms with E-state index in [1.54, 1.807) is 0 Å². The lowest BCUT2D eigenvalue weighted by atomic mass is 10.1. The average molecular weight is 561 g/mol. The molecule has 204 valence electrons. The Bertz CT molecular complexity index is 969.